The summed E-state index contributed by atoms with van der Waals surface area (Å²) in [5.74, 6) is 0.200. The first kappa shape index (κ1) is 17.7. The molecule has 0 aliphatic carbocycles. The number of anilines is 1. The van der Waals surface area contributed by atoms with E-state index >= 15 is 0 Å². The highest BCUT2D eigenvalue weighted by Gasteiger charge is 2.12. The molecule has 0 radical (unpaired) electrons. The van der Waals surface area contributed by atoms with Crippen molar-refractivity contribution in [3.63, 3.8) is 0 Å². The molecule has 0 aliphatic rings. The van der Waals surface area contributed by atoms with Crippen molar-refractivity contribution in [1.29, 1.82) is 0 Å². The molecule has 0 unspecified atom stereocenters. The van der Waals surface area contributed by atoms with Gasteiger partial charge in [-0.05, 0) is 47.0 Å². The molecule has 2 aromatic carbocycles. The van der Waals surface area contributed by atoms with E-state index in [4.69, 9.17) is 0 Å². The quantitative estimate of drug-likeness (QED) is 0.479. The molecule has 0 amide bonds. The molecule has 4 nitrogen and oxygen atoms in total. The molecule has 2 N–H and O–H groups in total. The van der Waals surface area contributed by atoms with Gasteiger partial charge in [-0.2, -0.15) is 0 Å². The van der Waals surface area contributed by atoms with Crippen molar-refractivity contribution < 1.29 is 4.39 Å². The first-order valence-corrected chi connectivity index (χ1v) is 8.83. The minimum absolute atomic E-state index is 0.289. The highest BCUT2D eigenvalue weighted by atomic mass is 19.1. The van der Waals surface area contributed by atoms with Gasteiger partial charge in [0.05, 0.1) is 10.9 Å². The molecule has 0 bridgehead atoms. The summed E-state index contributed by atoms with van der Waals surface area (Å²) in [5.41, 5.74) is 3.28. The summed E-state index contributed by atoms with van der Waals surface area (Å²) >= 11 is 0. The lowest BCUT2D eigenvalue weighted by molar-refractivity contribution is 0.630. The fraction of sp³-hybridized carbons (Fsp3) is 0.0435. The summed E-state index contributed by atoms with van der Waals surface area (Å²) in [7, 11) is 0. The van der Waals surface area contributed by atoms with Gasteiger partial charge < -0.3 is 10.3 Å². The second kappa shape index (κ2) is 7.12. The minimum atomic E-state index is -0.398. The van der Waals surface area contributed by atoms with Crippen molar-refractivity contribution in [1.82, 2.24) is 9.97 Å². The van der Waals surface area contributed by atoms with E-state index in [1.807, 2.05) is 18.2 Å². The van der Waals surface area contributed by atoms with Crippen LogP contribution in [0.15, 0.2) is 66.6 Å². The molecular weight excluding hydrogens is 353 g/mol. The standard InChI is InChI=1S/C23H18FN3O/c1-3-15-6-5-14(11-16(15)4-2)13-26-22-18-8-7-17(24)12-19(18)21-20(27-22)9-10-25-23(21)28/h3-12H,1-2,13H2,(H,25,28)(H,26,27). The van der Waals surface area contributed by atoms with Crippen LogP contribution in [-0.2, 0) is 6.54 Å². The van der Waals surface area contributed by atoms with Crippen LogP contribution in [0.1, 0.15) is 16.7 Å². The van der Waals surface area contributed by atoms with Crippen LogP contribution in [0.3, 0.4) is 0 Å². The number of pyridine rings is 2. The van der Waals surface area contributed by atoms with Gasteiger partial charge in [-0.15, -0.1) is 0 Å². The Bertz CT molecular complexity index is 1290. The monoisotopic (exact) mass is 371 g/mol. The van der Waals surface area contributed by atoms with Crippen molar-refractivity contribution in [2.75, 3.05) is 5.32 Å². The number of aromatic nitrogens is 2. The van der Waals surface area contributed by atoms with E-state index in [0.717, 1.165) is 16.7 Å². The Labute approximate surface area is 161 Å². The zero-order valence-electron chi connectivity index (χ0n) is 15.1. The van der Waals surface area contributed by atoms with Crippen molar-refractivity contribution >= 4 is 39.6 Å². The third-order valence-corrected chi connectivity index (χ3v) is 4.73. The Morgan fingerprint density at radius 3 is 2.64 bits per heavy atom. The number of fused-ring (bicyclic) bond motifs is 3. The molecule has 5 heteroatoms. The number of nitrogens with zero attached hydrogens (tertiary/aromatic N) is 1. The average molecular weight is 371 g/mol. The molecule has 0 atom stereocenters. The smallest absolute Gasteiger partial charge is 0.258 e. The number of rotatable bonds is 5. The van der Waals surface area contributed by atoms with Crippen LogP contribution in [0, 0.1) is 5.82 Å². The molecular formula is C23H18FN3O. The number of aromatic amines is 1. The SMILES string of the molecule is C=Cc1ccc(CNc2nc3cc[nH]c(=O)c3c3cc(F)ccc23)cc1C=C. The van der Waals surface area contributed by atoms with Gasteiger partial charge in [0.15, 0.2) is 0 Å². The molecule has 0 spiro atoms. The van der Waals surface area contributed by atoms with E-state index in [1.54, 1.807) is 24.3 Å². The minimum Gasteiger partial charge on any atom is -0.365 e. The van der Waals surface area contributed by atoms with E-state index in [0.29, 0.717) is 34.0 Å². The summed E-state index contributed by atoms with van der Waals surface area (Å²) in [4.78, 5) is 19.5. The van der Waals surface area contributed by atoms with Gasteiger partial charge in [-0.3, -0.25) is 4.79 Å². The topological polar surface area (TPSA) is 57.8 Å². The van der Waals surface area contributed by atoms with E-state index < -0.39 is 5.82 Å². The molecule has 138 valence electrons. The molecule has 4 aromatic rings. The molecule has 2 heterocycles. The summed E-state index contributed by atoms with van der Waals surface area (Å²) in [5, 5.41) is 4.92. The van der Waals surface area contributed by atoms with E-state index in [2.05, 4.69) is 28.4 Å². The van der Waals surface area contributed by atoms with E-state index in [-0.39, 0.29) is 5.56 Å². The Balaban J connectivity index is 1.79. The van der Waals surface area contributed by atoms with Gasteiger partial charge in [0.1, 0.15) is 11.6 Å². The lowest BCUT2D eigenvalue weighted by Crippen LogP contribution is -2.09. The number of nitrogens with one attached hydrogen (secondary N) is 2. The molecule has 0 saturated heterocycles. The van der Waals surface area contributed by atoms with Crippen LogP contribution in [0.4, 0.5) is 10.2 Å². The normalized spacial score (nSPS) is 10.9. The molecule has 0 saturated carbocycles. The van der Waals surface area contributed by atoms with Gasteiger partial charge in [-0.1, -0.05) is 37.4 Å². The van der Waals surface area contributed by atoms with Gasteiger partial charge >= 0.3 is 0 Å². The summed E-state index contributed by atoms with van der Waals surface area (Å²) in [6, 6.07) is 12.1. The highest BCUT2D eigenvalue weighted by molar-refractivity contribution is 6.09. The third-order valence-electron chi connectivity index (χ3n) is 4.73. The fourth-order valence-electron chi connectivity index (χ4n) is 3.35. The lowest BCUT2D eigenvalue weighted by Gasteiger charge is -2.12. The van der Waals surface area contributed by atoms with Crippen molar-refractivity contribution in [3.8, 4) is 0 Å². The van der Waals surface area contributed by atoms with Gasteiger partial charge in [0.25, 0.3) is 5.56 Å². The van der Waals surface area contributed by atoms with Crippen LogP contribution >= 0.6 is 0 Å². The van der Waals surface area contributed by atoms with Crippen LogP contribution in [0.25, 0.3) is 33.8 Å². The summed E-state index contributed by atoms with van der Waals surface area (Å²) < 4.78 is 13.9. The van der Waals surface area contributed by atoms with Crippen molar-refractivity contribution in [2.24, 2.45) is 0 Å². The zero-order valence-corrected chi connectivity index (χ0v) is 15.1. The molecule has 0 fully saturated rings. The first-order valence-electron chi connectivity index (χ1n) is 8.83. The maximum atomic E-state index is 13.9. The predicted octanol–water partition coefficient (Wildman–Crippen LogP) is 5.11. The average Bonchev–Trinajstić information content (AvgIpc) is 2.71. The largest absolute Gasteiger partial charge is 0.365 e. The summed E-state index contributed by atoms with van der Waals surface area (Å²) in [6.07, 6.45) is 5.12. The molecule has 28 heavy (non-hydrogen) atoms. The highest BCUT2D eigenvalue weighted by Crippen LogP contribution is 2.28. The number of halogens is 1. The van der Waals surface area contributed by atoms with Gasteiger partial charge in [0.2, 0.25) is 0 Å². The Morgan fingerprint density at radius 2 is 1.86 bits per heavy atom. The van der Waals surface area contributed by atoms with E-state index in [1.165, 1.54) is 18.3 Å². The Kier molecular flexibility index (Phi) is 4.49. The van der Waals surface area contributed by atoms with Gasteiger partial charge in [-0.25, -0.2) is 9.37 Å². The molecule has 2 aromatic heterocycles. The van der Waals surface area contributed by atoms with E-state index in [9.17, 15) is 9.18 Å². The zero-order chi connectivity index (χ0) is 19.7. The second-order valence-corrected chi connectivity index (χ2v) is 6.44. The lowest BCUT2D eigenvalue weighted by atomic mass is 10.0. The maximum Gasteiger partial charge on any atom is 0.258 e. The number of H-pyrrole nitrogens is 1. The van der Waals surface area contributed by atoms with Crippen molar-refractivity contribution in [2.45, 2.75) is 6.54 Å². The van der Waals surface area contributed by atoms with Crippen LogP contribution in [-0.4, -0.2) is 9.97 Å². The van der Waals surface area contributed by atoms with Crippen LogP contribution < -0.4 is 10.9 Å². The summed E-state index contributed by atoms with van der Waals surface area (Å²) in [6.45, 7) is 8.17. The van der Waals surface area contributed by atoms with Crippen molar-refractivity contribution in [3.05, 3.63) is 94.7 Å². The maximum absolute atomic E-state index is 13.9. The Morgan fingerprint density at radius 1 is 1.04 bits per heavy atom. The fourth-order valence-corrected chi connectivity index (χ4v) is 3.35. The third kappa shape index (κ3) is 3.07. The number of hydrogen-bond donors (Lipinski definition) is 2. The van der Waals surface area contributed by atoms with Crippen LogP contribution in [0.2, 0.25) is 0 Å². The van der Waals surface area contributed by atoms with Gasteiger partial charge in [0, 0.05) is 23.5 Å². The number of hydrogen-bond acceptors (Lipinski definition) is 3. The number of benzene rings is 2. The second-order valence-electron chi connectivity index (χ2n) is 6.44. The first-order chi connectivity index (χ1) is 13.6. The Hall–Kier alpha value is -3.73. The molecule has 4 rings (SSSR count). The molecule has 0 aliphatic heterocycles. The predicted molar refractivity (Wildman–Crippen MR) is 114 cm³/mol. The van der Waals surface area contributed by atoms with Crippen LogP contribution in [0.5, 0.6) is 0 Å².